The van der Waals surface area contributed by atoms with E-state index in [0.717, 1.165) is 11.8 Å². The first kappa shape index (κ1) is 10.2. The maximum Gasteiger partial charge on any atom is 0.328 e. The molecule has 16 heavy (non-hydrogen) atoms. The summed E-state index contributed by atoms with van der Waals surface area (Å²) >= 11 is 0. The molecule has 5 heteroatoms. The van der Waals surface area contributed by atoms with Gasteiger partial charge in [0.05, 0.1) is 12.7 Å². The minimum absolute atomic E-state index is 0.310. The standard InChI is InChI=1S/C11H10N2O3/c14-9-7-13(11(16)12-10(9)15)6-8-4-2-1-3-5-8/h1-5,7,14H,6H2,(H,12,15,16). The summed E-state index contributed by atoms with van der Waals surface area (Å²) in [6.07, 6.45) is 1.13. The van der Waals surface area contributed by atoms with Gasteiger partial charge in [-0.15, -0.1) is 0 Å². The fourth-order valence-corrected chi connectivity index (χ4v) is 1.40. The SMILES string of the molecule is O=c1[nH]c(=O)n(Cc2ccccc2)cc1O. The van der Waals surface area contributed by atoms with E-state index in [9.17, 15) is 14.7 Å². The molecule has 0 aliphatic rings. The Morgan fingerprint density at radius 1 is 1.19 bits per heavy atom. The van der Waals surface area contributed by atoms with Crippen LogP contribution in [0, 0.1) is 0 Å². The van der Waals surface area contributed by atoms with Crippen molar-refractivity contribution in [3.8, 4) is 5.75 Å². The minimum Gasteiger partial charge on any atom is -0.502 e. The van der Waals surface area contributed by atoms with Crippen LogP contribution in [0.15, 0.2) is 46.1 Å². The number of rotatable bonds is 2. The number of nitrogens with zero attached hydrogens (tertiary/aromatic N) is 1. The molecule has 2 N–H and O–H groups in total. The van der Waals surface area contributed by atoms with Crippen molar-refractivity contribution in [2.45, 2.75) is 6.54 Å². The van der Waals surface area contributed by atoms with Crippen LogP contribution in [0.5, 0.6) is 5.75 Å². The monoisotopic (exact) mass is 218 g/mol. The normalized spacial score (nSPS) is 10.2. The van der Waals surface area contributed by atoms with E-state index in [2.05, 4.69) is 0 Å². The van der Waals surface area contributed by atoms with Crippen molar-refractivity contribution < 1.29 is 5.11 Å². The first-order valence-electron chi connectivity index (χ1n) is 4.73. The molecule has 0 bridgehead atoms. The van der Waals surface area contributed by atoms with Crippen molar-refractivity contribution in [3.05, 3.63) is 62.9 Å². The van der Waals surface area contributed by atoms with Gasteiger partial charge in [0.2, 0.25) is 0 Å². The molecule has 0 amide bonds. The third-order valence-electron chi connectivity index (χ3n) is 2.19. The smallest absolute Gasteiger partial charge is 0.328 e. The predicted octanol–water partition coefficient (Wildman–Crippen LogP) is 0.290. The molecule has 0 saturated carbocycles. The number of hydrogen-bond acceptors (Lipinski definition) is 3. The van der Waals surface area contributed by atoms with Crippen molar-refractivity contribution in [3.63, 3.8) is 0 Å². The topological polar surface area (TPSA) is 75.1 Å². The largest absolute Gasteiger partial charge is 0.502 e. The minimum atomic E-state index is -0.769. The summed E-state index contributed by atoms with van der Waals surface area (Å²) < 4.78 is 1.24. The van der Waals surface area contributed by atoms with E-state index in [1.165, 1.54) is 4.57 Å². The highest BCUT2D eigenvalue weighted by Crippen LogP contribution is 2.01. The molecule has 82 valence electrons. The molecular formula is C11H10N2O3. The van der Waals surface area contributed by atoms with Gasteiger partial charge in [-0.25, -0.2) is 4.79 Å². The van der Waals surface area contributed by atoms with Gasteiger partial charge in [-0.1, -0.05) is 30.3 Å². The molecule has 0 fully saturated rings. The van der Waals surface area contributed by atoms with Crippen molar-refractivity contribution in [1.82, 2.24) is 9.55 Å². The maximum atomic E-state index is 11.4. The zero-order chi connectivity index (χ0) is 11.5. The highest BCUT2D eigenvalue weighted by atomic mass is 16.3. The molecule has 2 rings (SSSR count). The lowest BCUT2D eigenvalue weighted by atomic mass is 10.2. The predicted molar refractivity (Wildman–Crippen MR) is 58.5 cm³/mol. The molecule has 5 nitrogen and oxygen atoms in total. The average Bonchev–Trinajstić information content (AvgIpc) is 2.27. The van der Waals surface area contributed by atoms with Crippen LogP contribution in [-0.4, -0.2) is 14.7 Å². The van der Waals surface area contributed by atoms with Gasteiger partial charge in [-0.3, -0.25) is 14.3 Å². The second-order valence-electron chi connectivity index (χ2n) is 3.39. The van der Waals surface area contributed by atoms with Crippen LogP contribution < -0.4 is 11.2 Å². The number of aromatic hydroxyl groups is 1. The number of benzene rings is 1. The Morgan fingerprint density at radius 3 is 2.56 bits per heavy atom. The quantitative estimate of drug-likeness (QED) is 0.760. The van der Waals surface area contributed by atoms with Gasteiger partial charge in [-0.05, 0) is 5.56 Å². The van der Waals surface area contributed by atoms with Crippen LogP contribution in [0.2, 0.25) is 0 Å². The second-order valence-corrected chi connectivity index (χ2v) is 3.39. The fourth-order valence-electron chi connectivity index (χ4n) is 1.40. The summed E-state index contributed by atoms with van der Waals surface area (Å²) in [7, 11) is 0. The average molecular weight is 218 g/mol. The van der Waals surface area contributed by atoms with Gasteiger partial charge in [0, 0.05) is 0 Å². The summed E-state index contributed by atoms with van der Waals surface area (Å²) in [5.41, 5.74) is -0.392. The highest BCUT2D eigenvalue weighted by molar-refractivity contribution is 5.16. The van der Waals surface area contributed by atoms with Crippen LogP contribution in [-0.2, 0) is 6.54 Å². The molecule has 1 aromatic heterocycles. The molecule has 0 saturated heterocycles. The molecule has 0 unspecified atom stereocenters. The molecular weight excluding hydrogens is 208 g/mol. The fraction of sp³-hybridized carbons (Fsp3) is 0.0909. The van der Waals surface area contributed by atoms with Gasteiger partial charge < -0.3 is 5.11 Å². The van der Waals surface area contributed by atoms with Crippen LogP contribution in [0.3, 0.4) is 0 Å². The molecule has 2 aromatic rings. The molecule has 0 aliphatic carbocycles. The Bertz CT molecular complexity index is 599. The first-order chi connectivity index (χ1) is 7.66. The van der Waals surface area contributed by atoms with Crippen LogP contribution in [0.25, 0.3) is 0 Å². The van der Waals surface area contributed by atoms with Gasteiger partial charge in [0.25, 0.3) is 5.56 Å². The first-order valence-corrected chi connectivity index (χ1v) is 4.73. The van der Waals surface area contributed by atoms with E-state index in [-0.39, 0.29) is 0 Å². The van der Waals surface area contributed by atoms with Gasteiger partial charge in [0.15, 0.2) is 5.75 Å². The van der Waals surface area contributed by atoms with Gasteiger partial charge >= 0.3 is 5.69 Å². The number of aromatic nitrogens is 2. The molecule has 1 heterocycles. The Balaban J connectivity index is 2.40. The van der Waals surface area contributed by atoms with Crippen molar-refractivity contribution in [2.24, 2.45) is 0 Å². The lowest BCUT2D eigenvalue weighted by molar-refractivity contribution is 0.454. The lowest BCUT2D eigenvalue weighted by Gasteiger charge is -2.04. The lowest BCUT2D eigenvalue weighted by Crippen LogP contribution is -2.29. The molecule has 0 aliphatic heterocycles. The van der Waals surface area contributed by atoms with E-state index in [4.69, 9.17) is 0 Å². The van der Waals surface area contributed by atoms with Gasteiger partial charge in [0.1, 0.15) is 0 Å². The van der Waals surface area contributed by atoms with E-state index < -0.39 is 17.0 Å². The number of nitrogens with one attached hydrogen (secondary N) is 1. The molecule has 1 aromatic carbocycles. The van der Waals surface area contributed by atoms with Gasteiger partial charge in [-0.2, -0.15) is 0 Å². The highest BCUT2D eigenvalue weighted by Gasteiger charge is 2.02. The summed E-state index contributed by atoms with van der Waals surface area (Å²) in [5, 5.41) is 9.20. The summed E-state index contributed by atoms with van der Waals surface area (Å²) in [6, 6.07) is 9.29. The number of hydrogen-bond donors (Lipinski definition) is 2. The number of aromatic amines is 1. The van der Waals surface area contributed by atoms with Crippen LogP contribution in [0.4, 0.5) is 0 Å². The molecule has 0 radical (unpaired) electrons. The second kappa shape index (κ2) is 4.06. The third-order valence-corrected chi connectivity index (χ3v) is 2.19. The van der Waals surface area contributed by atoms with E-state index in [0.29, 0.717) is 6.54 Å². The van der Waals surface area contributed by atoms with Crippen molar-refractivity contribution in [2.75, 3.05) is 0 Å². The van der Waals surface area contributed by atoms with Crippen molar-refractivity contribution >= 4 is 0 Å². The Labute approximate surface area is 90.6 Å². The Hall–Kier alpha value is -2.30. The molecule has 0 atom stereocenters. The Morgan fingerprint density at radius 2 is 1.88 bits per heavy atom. The van der Waals surface area contributed by atoms with E-state index in [1.54, 1.807) is 0 Å². The Kier molecular flexibility index (Phi) is 2.59. The zero-order valence-corrected chi connectivity index (χ0v) is 8.38. The van der Waals surface area contributed by atoms with Crippen LogP contribution in [0.1, 0.15) is 5.56 Å². The zero-order valence-electron chi connectivity index (χ0n) is 8.38. The summed E-state index contributed by atoms with van der Waals surface area (Å²) in [6.45, 7) is 0.310. The van der Waals surface area contributed by atoms with Crippen LogP contribution >= 0.6 is 0 Å². The molecule has 0 spiro atoms. The summed E-state index contributed by atoms with van der Waals surface area (Å²) in [5.74, 6) is -0.462. The van der Waals surface area contributed by atoms with Crippen molar-refractivity contribution in [1.29, 1.82) is 0 Å². The maximum absolute atomic E-state index is 11.4. The summed E-state index contributed by atoms with van der Waals surface area (Å²) in [4.78, 5) is 24.3. The number of H-pyrrole nitrogens is 1. The van der Waals surface area contributed by atoms with E-state index in [1.807, 2.05) is 35.3 Å². The van der Waals surface area contributed by atoms with E-state index >= 15 is 0 Å². The third kappa shape index (κ3) is 2.03.